The maximum absolute atomic E-state index is 3.70. The number of nitrogens with one attached hydrogen (secondary N) is 1. The molecular weight excluding hydrogens is 228 g/mol. The first kappa shape index (κ1) is 15.3. The van der Waals surface area contributed by atoms with Crippen LogP contribution in [0, 0.1) is 5.92 Å². The van der Waals surface area contributed by atoms with Crippen molar-refractivity contribution in [2.75, 3.05) is 25.1 Å². The van der Waals surface area contributed by atoms with Gasteiger partial charge in [0.25, 0.3) is 0 Å². The molecule has 1 fully saturated rings. The smallest absolute Gasteiger partial charge is 0.0198 e. The largest absolute Gasteiger partial charge is 0.311 e. The lowest BCUT2D eigenvalue weighted by Crippen LogP contribution is -2.59. The summed E-state index contributed by atoms with van der Waals surface area (Å²) < 4.78 is 0. The van der Waals surface area contributed by atoms with Gasteiger partial charge in [0.15, 0.2) is 0 Å². The van der Waals surface area contributed by atoms with Gasteiger partial charge in [-0.05, 0) is 31.9 Å². The van der Waals surface area contributed by atoms with Crippen LogP contribution >= 0.6 is 11.8 Å². The standard InChI is InChI=1S/C14H30N2S/c1-6-14(10-17-5)16-9-13(7-11(2)3)15-8-12(16)4/h11-15H,6-10H2,1-5H3. The predicted molar refractivity (Wildman–Crippen MR) is 79.9 cm³/mol. The van der Waals surface area contributed by atoms with Gasteiger partial charge in [0, 0.05) is 37.0 Å². The Morgan fingerprint density at radius 1 is 1.41 bits per heavy atom. The van der Waals surface area contributed by atoms with Gasteiger partial charge in [0.05, 0.1) is 0 Å². The molecule has 0 amide bonds. The lowest BCUT2D eigenvalue weighted by molar-refractivity contribution is 0.0926. The summed E-state index contributed by atoms with van der Waals surface area (Å²) in [6.07, 6.45) is 4.81. The van der Waals surface area contributed by atoms with Crippen molar-refractivity contribution in [2.45, 2.75) is 58.7 Å². The Hall–Kier alpha value is 0.270. The highest BCUT2D eigenvalue weighted by Crippen LogP contribution is 2.19. The Morgan fingerprint density at radius 2 is 2.12 bits per heavy atom. The van der Waals surface area contributed by atoms with E-state index in [1.807, 2.05) is 11.8 Å². The number of piperazine rings is 1. The normalized spacial score (nSPS) is 28.6. The number of hydrogen-bond donors (Lipinski definition) is 1. The van der Waals surface area contributed by atoms with E-state index in [4.69, 9.17) is 0 Å². The van der Waals surface area contributed by atoms with Gasteiger partial charge >= 0.3 is 0 Å². The molecular formula is C14H30N2S. The molecule has 0 spiro atoms. The second-order valence-electron chi connectivity index (χ2n) is 5.80. The van der Waals surface area contributed by atoms with Gasteiger partial charge in [-0.3, -0.25) is 4.90 Å². The Labute approximate surface area is 112 Å². The summed E-state index contributed by atoms with van der Waals surface area (Å²) in [5.74, 6) is 2.07. The summed E-state index contributed by atoms with van der Waals surface area (Å²) in [7, 11) is 0. The molecule has 0 radical (unpaired) electrons. The van der Waals surface area contributed by atoms with Crippen LogP contribution in [0.5, 0.6) is 0 Å². The van der Waals surface area contributed by atoms with Crippen LogP contribution in [0.1, 0.15) is 40.5 Å². The molecule has 17 heavy (non-hydrogen) atoms. The highest BCUT2D eigenvalue weighted by atomic mass is 32.2. The van der Waals surface area contributed by atoms with Crippen LogP contribution < -0.4 is 5.32 Å². The molecule has 0 aromatic carbocycles. The third-order valence-corrected chi connectivity index (χ3v) is 4.47. The van der Waals surface area contributed by atoms with Crippen molar-refractivity contribution in [1.29, 1.82) is 0 Å². The van der Waals surface area contributed by atoms with Crippen molar-refractivity contribution in [2.24, 2.45) is 5.92 Å². The van der Waals surface area contributed by atoms with Gasteiger partial charge < -0.3 is 5.32 Å². The maximum atomic E-state index is 3.70. The van der Waals surface area contributed by atoms with Crippen LogP contribution in [-0.2, 0) is 0 Å². The second-order valence-corrected chi connectivity index (χ2v) is 6.71. The summed E-state index contributed by atoms with van der Waals surface area (Å²) >= 11 is 1.98. The van der Waals surface area contributed by atoms with Gasteiger partial charge in [-0.1, -0.05) is 20.8 Å². The van der Waals surface area contributed by atoms with E-state index in [1.165, 1.54) is 25.1 Å². The van der Waals surface area contributed by atoms with Crippen molar-refractivity contribution >= 4 is 11.8 Å². The van der Waals surface area contributed by atoms with E-state index >= 15 is 0 Å². The van der Waals surface area contributed by atoms with Crippen LogP contribution in [0.2, 0.25) is 0 Å². The fourth-order valence-corrected chi connectivity index (χ4v) is 3.64. The van der Waals surface area contributed by atoms with Gasteiger partial charge in [-0.2, -0.15) is 11.8 Å². The first-order valence-corrected chi connectivity index (χ1v) is 8.45. The minimum Gasteiger partial charge on any atom is -0.311 e. The SMILES string of the molecule is CCC(CSC)N1CC(CC(C)C)NCC1C. The van der Waals surface area contributed by atoms with E-state index in [0.717, 1.165) is 18.5 Å². The van der Waals surface area contributed by atoms with E-state index in [1.54, 1.807) is 0 Å². The lowest BCUT2D eigenvalue weighted by Gasteiger charge is -2.43. The van der Waals surface area contributed by atoms with Crippen LogP contribution in [-0.4, -0.2) is 48.1 Å². The molecule has 0 aromatic heterocycles. The quantitative estimate of drug-likeness (QED) is 0.789. The Kier molecular flexibility index (Phi) is 6.90. The molecule has 2 nitrogen and oxygen atoms in total. The van der Waals surface area contributed by atoms with E-state index in [-0.39, 0.29) is 0 Å². The Balaban J connectivity index is 2.55. The number of hydrogen-bond acceptors (Lipinski definition) is 3. The maximum Gasteiger partial charge on any atom is 0.0198 e. The lowest BCUT2D eigenvalue weighted by atomic mass is 9.98. The van der Waals surface area contributed by atoms with Crippen molar-refractivity contribution in [3.63, 3.8) is 0 Å². The molecule has 1 rings (SSSR count). The predicted octanol–water partition coefficient (Wildman–Crippen LogP) is 2.84. The summed E-state index contributed by atoms with van der Waals surface area (Å²) in [4.78, 5) is 2.74. The van der Waals surface area contributed by atoms with Crippen molar-refractivity contribution in [3.8, 4) is 0 Å². The summed E-state index contributed by atoms with van der Waals surface area (Å²) in [6, 6.07) is 2.15. The van der Waals surface area contributed by atoms with Crippen LogP contribution in [0.25, 0.3) is 0 Å². The average molecular weight is 258 g/mol. The van der Waals surface area contributed by atoms with E-state index in [0.29, 0.717) is 12.1 Å². The molecule has 1 N–H and O–H groups in total. The van der Waals surface area contributed by atoms with Gasteiger partial charge in [0.1, 0.15) is 0 Å². The first-order valence-electron chi connectivity index (χ1n) is 7.06. The molecule has 1 aliphatic rings. The Bertz CT molecular complexity index is 208. The zero-order valence-corrected chi connectivity index (χ0v) is 13.0. The van der Waals surface area contributed by atoms with E-state index in [2.05, 4.69) is 44.2 Å². The van der Waals surface area contributed by atoms with E-state index in [9.17, 15) is 0 Å². The van der Waals surface area contributed by atoms with Crippen molar-refractivity contribution in [3.05, 3.63) is 0 Å². The monoisotopic (exact) mass is 258 g/mol. The minimum absolute atomic E-state index is 0.690. The molecule has 3 unspecified atom stereocenters. The first-order chi connectivity index (χ1) is 8.08. The van der Waals surface area contributed by atoms with Crippen molar-refractivity contribution in [1.82, 2.24) is 10.2 Å². The topological polar surface area (TPSA) is 15.3 Å². The molecule has 1 saturated heterocycles. The number of thioether (sulfide) groups is 1. The molecule has 1 heterocycles. The average Bonchev–Trinajstić information content (AvgIpc) is 2.28. The van der Waals surface area contributed by atoms with Crippen LogP contribution in [0.15, 0.2) is 0 Å². The molecule has 3 atom stereocenters. The third kappa shape index (κ3) is 4.80. The van der Waals surface area contributed by atoms with Crippen LogP contribution in [0.4, 0.5) is 0 Å². The van der Waals surface area contributed by atoms with E-state index < -0.39 is 0 Å². The molecule has 0 aliphatic carbocycles. The summed E-state index contributed by atoms with van der Waals surface area (Å²) in [6.45, 7) is 11.7. The fraction of sp³-hybridized carbons (Fsp3) is 1.00. The van der Waals surface area contributed by atoms with Crippen LogP contribution in [0.3, 0.4) is 0 Å². The molecule has 3 heteroatoms. The second kappa shape index (κ2) is 7.65. The number of nitrogens with zero attached hydrogens (tertiary/aromatic N) is 1. The Morgan fingerprint density at radius 3 is 2.65 bits per heavy atom. The number of rotatable bonds is 6. The van der Waals surface area contributed by atoms with Gasteiger partial charge in [-0.15, -0.1) is 0 Å². The highest BCUT2D eigenvalue weighted by Gasteiger charge is 2.29. The van der Waals surface area contributed by atoms with Crippen molar-refractivity contribution < 1.29 is 0 Å². The van der Waals surface area contributed by atoms with Gasteiger partial charge in [0.2, 0.25) is 0 Å². The molecule has 0 bridgehead atoms. The third-order valence-electron chi connectivity index (χ3n) is 3.75. The molecule has 0 saturated carbocycles. The zero-order valence-electron chi connectivity index (χ0n) is 12.2. The molecule has 102 valence electrons. The highest BCUT2D eigenvalue weighted by molar-refractivity contribution is 7.98. The summed E-state index contributed by atoms with van der Waals surface area (Å²) in [5.41, 5.74) is 0. The summed E-state index contributed by atoms with van der Waals surface area (Å²) in [5, 5.41) is 3.70. The minimum atomic E-state index is 0.690. The fourth-order valence-electron chi connectivity index (χ4n) is 2.83. The zero-order chi connectivity index (χ0) is 12.8. The van der Waals surface area contributed by atoms with Gasteiger partial charge in [-0.25, -0.2) is 0 Å². The molecule has 0 aromatic rings. The molecule has 1 aliphatic heterocycles.